The third kappa shape index (κ3) is 74.3. The van der Waals surface area contributed by atoms with Crippen LogP contribution in [-0.2, 0) is 65.4 Å². The molecule has 0 aliphatic rings. The molecule has 3 N–H and O–H groups in total. The Morgan fingerprint density at radius 2 is 0.549 bits per heavy atom. The molecule has 5 atom stereocenters. The zero-order valence-corrected chi connectivity index (χ0v) is 66.3. The standard InChI is InChI=1S/C83H146O17P2/c1-5-9-13-17-21-25-29-33-36-37-38-39-42-45-48-52-56-60-64-68-81(86)94-73-78(99-82(87)69-65-61-57-53-49-43-32-28-24-20-16-12-8-4)75-97-101(89,90)95-71-77(84)72-96-102(91,92)98-76-79(100-83(88)70-66-62-58-54-50-46-41-35-31-27-23-19-15-11-7-3)74-93-80(85)67-63-59-55-51-47-44-40-34-30-26-22-18-14-10-6-2/h9,13,16,20-21,25,28,32-33,36,38-39,45,48,56,60,77-79,84H,5-8,10-12,14-15,17-19,22-24,26-27,29-31,34-35,37,40-44,46-47,49-55,57-59,61-76H2,1-4H3,(H,89,90)(H,91,92)/b13-9-,20-16-,25-21-,32-28-,36-33-,39-38-,48-45-,60-56-. The molecule has 0 aliphatic carbocycles. The first-order valence-electron chi connectivity index (χ1n) is 40.5. The SMILES string of the molecule is CC/C=C\C/C=C\C/C=C\C/C=C\C/C=C\C/C=C\CCC(=O)OCC(COP(=O)(O)OCC(O)COP(=O)(O)OCC(COC(=O)CCCCCCCCCCCCCCCCC)OC(=O)CCCCCCCCCCCCCCCCC)OC(=O)CCCCCCC/C=C\C/C=C\CCC. The maximum absolute atomic E-state index is 13.1. The summed E-state index contributed by atoms with van der Waals surface area (Å²) in [6.07, 6.45) is 79.7. The summed E-state index contributed by atoms with van der Waals surface area (Å²) in [6.45, 7) is 4.66. The summed E-state index contributed by atoms with van der Waals surface area (Å²) in [5.41, 5.74) is 0. The Bertz CT molecular complexity index is 2310. The Hall–Kier alpha value is -4.02. The van der Waals surface area contributed by atoms with Gasteiger partial charge < -0.3 is 33.8 Å². The van der Waals surface area contributed by atoms with Crippen LogP contribution in [0, 0.1) is 0 Å². The first kappa shape index (κ1) is 98.0. The van der Waals surface area contributed by atoms with Crippen molar-refractivity contribution in [2.24, 2.45) is 0 Å². The van der Waals surface area contributed by atoms with Gasteiger partial charge >= 0.3 is 39.5 Å². The molecule has 0 bridgehead atoms. The largest absolute Gasteiger partial charge is 0.472 e. The maximum atomic E-state index is 13.1. The maximum Gasteiger partial charge on any atom is 0.472 e. The second-order valence-electron chi connectivity index (χ2n) is 27.0. The van der Waals surface area contributed by atoms with Crippen LogP contribution >= 0.6 is 15.6 Å². The molecule has 102 heavy (non-hydrogen) atoms. The van der Waals surface area contributed by atoms with Gasteiger partial charge in [-0.3, -0.25) is 37.3 Å². The molecule has 0 heterocycles. The van der Waals surface area contributed by atoms with Gasteiger partial charge in [-0.2, -0.15) is 0 Å². The van der Waals surface area contributed by atoms with Crippen molar-refractivity contribution < 1.29 is 80.2 Å². The van der Waals surface area contributed by atoms with Gasteiger partial charge in [-0.15, -0.1) is 0 Å². The van der Waals surface area contributed by atoms with E-state index in [4.69, 9.17) is 37.0 Å². The molecule has 0 saturated carbocycles. The summed E-state index contributed by atoms with van der Waals surface area (Å²) >= 11 is 0. The summed E-state index contributed by atoms with van der Waals surface area (Å²) in [7, 11) is -9.97. The minimum absolute atomic E-state index is 0.0333. The second-order valence-corrected chi connectivity index (χ2v) is 29.9. The number of phosphoric acid groups is 2. The summed E-state index contributed by atoms with van der Waals surface area (Å²) in [4.78, 5) is 73.0. The molecule has 0 saturated heterocycles. The van der Waals surface area contributed by atoms with E-state index in [0.29, 0.717) is 32.1 Å². The van der Waals surface area contributed by atoms with Crippen LogP contribution in [0.4, 0.5) is 0 Å². The van der Waals surface area contributed by atoms with Crippen LogP contribution in [0.3, 0.4) is 0 Å². The van der Waals surface area contributed by atoms with Gasteiger partial charge in [0.15, 0.2) is 12.2 Å². The Labute approximate surface area is 620 Å². The van der Waals surface area contributed by atoms with E-state index in [1.54, 1.807) is 0 Å². The monoisotopic (exact) mass is 1480 g/mol. The van der Waals surface area contributed by atoms with Gasteiger partial charge in [0.05, 0.1) is 26.4 Å². The van der Waals surface area contributed by atoms with Crippen LogP contribution in [0.5, 0.6) is 0 Å². The van der Waals surface area contributed by atoms with Gasteiger partial charge in [0.2, 0.25) is 0 Å². The first-order valence-corrected chi connectivity index (χ1v) is 43.5. The van der Waals surface area contributed by atoms with Gasteiger partial charge in [-0.1, -0.05) is 330 Å². The van der Waals surface area contributed by atoms with Gasteiger partial charge in [-0.05, 0) is 89.9 Å². The molecule has 0 aromatic heterocycles. The van der Waals surface area contributed by atoms with E-state index < -0.39 is 97.5 Å². The lowest BCUT2D eigenvalue weighted by atomic mass is 10.0. The van der Waals surface area contributed by atoms with Crippen molar-refractivity contribution in [1.82, 2.24) is 0 Å². The van der Waals surface area contributed by atoms with E-state index in [2.05, 4.69) is 107 Å². The van der Waals surface area contributed by atoms with Gasteiger partial charge in [0, 0.05) is 25.7 Å². The lowest BCUT2D eigenvalue weighted by Gasteiger charge is -2.21. The predicted molar refractivity (Wildman–Crippen MR) is 418 cm³/mol. The number of ether oxygens (including phenoxy) is 4. The van der Waals surface area contributed by atoms with E-state index in [1.807, 2.05) is 18.2 Å². The van der Waals surface area contributed by atoms with Crippen molar-refractivity contribution in [3.05, 3.63) is 97.2 Å². The third-order valence-electron chi connectivity index (χ3n) is 17.1. The van der Waals surface area contributed by atoms with Crippen molar-refractivity contribution in [2.75, 3.05) is 39.6 Å². The second kappa shape index (κ2) is 75.2. The van der Waals surface area contributed by atoms with Crippen LogP contribution in [0.1, 0.15) is 349 Å². The number of phosphoric ester groups is 2. The number of allylic oxidation sites excluding steroid dienone is 16. The Morgan fingerprint density at radius 1 is 0.284 bits per heavy atom. The van der Waals surface area contributed by atoms with Gasteiger partial charge in [0.1, 0.15) is 19.3 Å². The Kier molecular flexibility index (Phi) is 72.3. The highest BCUT2D eigenvalue weighted by atomic mass is 31.2. The van der Waals surface area contributed by atoms with Crippen LogP contribution in [0.25, 0.3) is 0 Å². The fourth-order valence-corrected chi connectivity index (χ4v) is 12.5. The molecule has 0 amide bonds. The number of aliphatic hydroxyl groups is 1. The number of rotatable bonds is 76. The van der Waals surface area contributed by atoms with Crippen molar-refractivity contribution in [3.8, 4) is 0 Å². The number of esters is 4. The van der Waals surface area contributed by atoms with Gasteiger partial charge in [0.25, 0.3) is 0 Å². The molecule has 0 spiro atoms. The highest BCUT2D eigenvalue weighted by molar-refractivity contribution is 7.47. The number of hydrogen-bond donors (Lipinski definition) is 3. The quantitative estimate of drug-likeness (QED) is 0.0169. The number of unbranched alkanes of at least 4 members (excludes halogenated alkanes) is 34. The molecule has 0 fully saturated rings. The van der Waals surface area contributed by atoms with E-state index >= 15 is 0 Å². The van der Waals surface area contributed by atoms with Crippen LogP contribution in [0.15, 0.2) is 97.2 Å². The van der Waals surface area contributed by atoms with Crippen LogP contribution in [-0.4, -0.2) is 96.7 Å². The summed E-state index contributed by atoms with van der Waals surface area (Å²) < 4.78 is 68.5. The molecule has 5 unspecified atom stereocenters. The van der Waals surface area contributed by atoms with E-state index in [9.17, 15) is 43.2 Å². The van der Waals surface area contributed by atoms with Crippen LogP contribution < -0.4 is 0 Å². The molecule has 590 valence electrons. The Morgan fingerprint density at radius 3 is 0.882 bits per heavy atom. The van der Waals surface area contributed by atoms with Crippen molar-refractivity contribution in [1.29, 1.82) is 0 Å². The van der Waals surface area contributed by atoms with Gasteiger partial charge in [-0.25, -0.2) is 9.13 Å². The molecule has 0 radical (unpaired) electrons. The zero-order valence-electron chi connectivity index (χ0n) is 64.5. The predicted octanol–water partition coefficient (Wildman–Crippen LogP) is 23.6. The summed E-state index contributed by atoms with van der Waals surface area (Å²) in [6, 6.07) is 0. The fourth-order valence-electron chi connectivity index (χ4n) is 10.9. The van der Waals surface area contributed by atoms with E-state index in [1.165, 1.54) is 135 Å². The van der Waals surface area contributed by atoms with Crippen molar-refractivity contribution in [3.63, 3.8) is 0 Å². The van der Waals surface area contributed by atoms with Crippen molar-refractivity contribution in [2.45, 2.75) is 367 Å². The molecule has 19 heteroatoms. The summed E-state index contributed by atoms with van der Waals surface area (Å²) in [5.74, 6) is -2.26. The molecule has 0 aliphatic heterocycles. The average molecular weight is 1480 g/mol. The highest BCUT2D eigenvalue weighted by Crippen LogP contribution is 2.45. The molecular weight excluding hydrogens is 1330 g/mol. The fraction of sp³-hybridized carbons (Fsp3) is 0.759. The molecule has 0 rings (SSSR count). The van der Waals surface area contributed by atoms with Crippen molar-refractivity contribution >= 4 is 39.5 Å². The topological polar surface area (TPSA) is 237 Å². The third-order valence-corrected chi connectivity index (χ3v) is 19.0. The number of carbonyl (C=O) groups is 4. The average Bonchev–Trinajstić information content (AvgIpc) is 0.908. The molecular formula is C83H146O17P2. The zero-order chi connectivity index (χ0) is 74.6. The Balaban J connectivity index is 5.38. The smallest absolute Gasteiger partial charge is 0.462 e. The summed E-state index contributed by atoms with van der Waals surface area (Å²) in [5, 5.41) is 10.6. The molecule has 17 nitrogen and oxygen atoms in total. The molecule has 0 aromatic rings. The lowest BCUT2D eigenvalue weighted by molar-refractivity contribution is -0.161. The van der Waals surface area contributed by atoms with E-state index in [0.717, 1.165) is 128 Å². The minimum Gasteiger partial charge on any atom is -0.462 e. The first-order chi connectivity index (χ1) is 49.7. The number of hydrogen-bond acceptors (Lipinski definition) is 15. The lowest BCUT2D eigenvalue weighted by Crippen LogP contribution is -2.30. The normalized spacial score (nSPS) is 14.4. The van der Waals surface area contributed by atoms with Crippen LogP contribution in [0.2, 0.25) is 0 Å². The minimum atomic E-state index is -4.99. The number of aliphatic hydroxyl groups excluding tert-OH is 1. The molecule has 0 aromatic carbocycles. The van der Waals surface area contributed by atoms with E-state index in [-0.39, 0.29) is 25.7 Å². The highest BCUT2D eigenvalue weighted by Gasteiger charge is 2.30. The number of carbonyl (C=O) groups excluding carboxylic acids is 4.